The molecule has 0 unspecified atom stereocenters. The topological polar surface area (TPSA) is 55.1 Å². The molecule has 0 saturated carbocycles. The number of anilines is 1. The predicted octanol–water partition coefficient (Wildman–Crippen LogP) is 4.58. The van der Waals surface area contributed by atoms with Crippen molar-refractivity contribution in [1.82, 2.24) is 4.98 Å². The molecule has 3 rings (SSSR count). The molecule has 0 radical (unpaired) electrons. The quantitative estimate of drug-likeness (QED) is 0.770. The van der Waals surface area contributed by atoms with Crippen molar-refractivity contribution in [3.05, 3.63) is 57.6 Å². The molecule has 5 heteroatoms. The van der Waals surface area contributed by atoms with Crippen LogP contribution in [0.1, 0.15) is 26.7 Å². The molecule has 1 N–H and O–H groups in total. The number of amides is 1. The molecular weight excluding hydrogens is 296 g/mol. The molecule has 0 fully saturated rings. The number of carbonyl (C=O) groups excluding carboxylic acids is 1. The third-order valence-corrected chi connectivity index (χ3v) is 4.10. The summed E-state index contributed by atoms with van der Waals surface area (Å²) in [4.78, 5) is 16.6. The van der Waals surface area contributed by atoms with Crippen LogP contribution in [0.15, 0.2) is 40.1 Å². The van der Waals surface area contributed by atoms with Crippen molar-refractivity contribution in [1.29, 1.82) is 0 Å². The highest BCUT2D eigenvalue weighted by Gasteiger charge is 2.14. The Hall–Kier alpha value is -2.40. The van der Waals surface area contributed by atoms with E-state index in [-0.39, 0.29) is 11.7 Å². The lowest BCUT2D eigenvalue weighted by Gasteiger charge is -2.07. The van der Waals surface area contributed by atoms with Crippen molar-refractivity contribution in [2.45, 2.75) is 20.8 Å². The number of aromatic nitrogens is 1. The minimum Gasteiger partial charge on any atom is -0.449 e. The summed E-state index contributed by atoms with van der Waals surface area (Å²) in [6.07, 6.45) is 0. The number of thiazole rings is 1. The Labute approximate surface area is 132 Å². The first-order valence-electron chi connectivity index (χ1n) is 6.94. The first kappa shape index (κ1) is 14.5. The van der Waals surface area contributed by atoms with Crippen LogP contribution in [0, 0.1) is 20.8 Å². The average Bonchev–Trinajstić information content (AvgIpc) is 3.10. The zero-order valence-electron chi connectivity index (χ0n) is 12.6. The summed E-state index contributed by atoms with van der Waals surface area (Å²) in [5.41, 5.74) is 3.73. The van der Waals surface area contributed by atoms with Crippen molar-refractivity contribution in [2.24, 2.45) is 0 Å². The maximum Gasteiger partial charge on any atom is 0.291 e. The number of nitrogens with zero attached hydrogens (tertiary/aromatic N) is 1. The number of benzene rings is 1. The Morgan fingerprint density at radius 2 is 2.00 bits per heavy atom. The molecule has 22 heavy (non-hydrogen) atoms. The number of rotatable bonds is 3. The largest absolute Gasteiger partial charge is 0.449 e. The molecule has 0 spiro atoms. The van der Waals surface area contributed by atoms with E-state index in [1.54, 1.807) is 23.5 Å². The lowest BCUT2D eigenvalue weighted by Crippen LogP contribution is -2.11. The van der Waals surface area contributed by atoms with Gasteiger partial charge in [0, 0.05) is 11.1 Å². The van der Waals surface area contributed by atoms with E-state index < -0.39 is 0 Å². The van der Waals surface area contributed by atoms with Crippen LogP contribution in [0.4, 0.5) is 5.69 Å². The van der Waals surface area contributed by atoms with Gasteiger partial charge in [0.05, 0.1) is 5.01 Å². The van der Waals surface area contributed by atoms with Crippen molar-refractivity contribution in [2.75, 3.05) is 5.32 Å². The number of hydrogen-bond donors (Lipinski definition) is 1. The first-order chi connectivity index (χ1) is 10.5. The number of furan rings is 1. The molecule has 0 bridgehead atoms. The van der Waals surface area contributed by atoms with Crippen LogP contribution in [0.3, 0.4) is 0 Å². The SMILES string of the molecule is Cc1ccc(NC(=O)c2ccc(-c3csc(C)n3)o2)c(C)c1. The number of hydrogen-bond acceptors (Lipinski definition) is 4. The number of aryl methyl sites for hydroxylation is 3. The molecule has 0 aliphatic heterocycles. The molecule has 0 aliphatic carbocycles. The predicted molar refractivity (Wildman–Crippen MR) is 88.4 cm³/mol. The van der Waals surface area contributed by atoms with Crippen molar-refractivity contribution in [3.63, 3.8) is 0 Å². The van der Waals surface area contributed by atoms with Crippen LogP contribution < -0.4 is 5.32 Å². The van der Waals surface area contributed by atoms with Crippen molar-refractivity contribution in [3.8, 4) is 11.5 Å². The molecule has 112 valence electrons. The zero-order valence-corrected chi connectivity index (χ0v) is 13.5. The summed E-state index contributed by atoms with van der Waals surface area (Å²) < 4.78 is 5.61. The van der Waals surface area contributed by atoms with Crippen LogP contribution in [0.25, 0.3) is 11.5 Å². The highest BCUT2D eigenvalue weighted by atomic mass is 32.1. The van der Waals surface area contributed by atoms with Crippen molar-refractivity contribution < 1.29 is 9.21 Å². The molecule has 1 aromatic carbocycles. The average molecular weight is 312 g/mol. The van der Waals surface area contributed by atoms with Crippen LogP contribution in [0.5, 0.6) is 0 Å². The smallest absolute Gasteiger partial charge is 0.291 e. The van der Waals surface area contributed by atoms with E-state index in [0.29, 0.717) is 5.76 Å². The van der Waals surface area contributed by atoms with Crippen LogP contribution in [0.2, 0.25) is 0 Å². The van der Waals surface area contributed by atoms with E-state index in [9.17, 15) is 4.79 Å². The van der Waals surface area contributed by atoms with E-state index in [2.05, 4.69) is 10.3 Å². The molecular formula is C17H16N2O2S. The van der Waals surface area contributed by atoms with Gasteiger partial charge < -0.3 is 9.73 Å². The summed E-state index contributed by atoms with van der Waals surface area (Å²) in [6, 6.07) is 9.33. The van der Waals surface area contributed by atoms with Gasteiger partial charge in [0.15, 0.2) is 11.5 Å². The summed E-state index contributed by atoms with van der Waals surface area (Å²) in [5, 5.41) is 5.76. The van der Waals surface area contributed by atoms with Gasteiger partial charge in [-0.1, -0.05) is 17.7 Å². The van der Waals surface area contributed by atoms with Gasteiger partial charge in [0.2, 0.25) is 0 Å². The Morgan fingerprint density at radius 3 is 2.68 bits per heavy atom. The van der Waals surface area contributed by atoms with Gasteiger partial charge in [-0.05, 0) is 44.5 Å². The molecule has 4 nitrogen and oxygen atoms in total. The fourth-order valence-corrected chi connectivity index (χ4v) is 2.81. The van der Waals surface area contributed by atoms with Gasteiger partial charge in [-0.15, -0.1) is 11.3 Å². The monoisotopic (exact) mass is 312 g/mol. The van der Waals surface area contributed by atoms with Crippen LogP contribution in [-0.2, 0) is 0 Å². The molecule has 1 amide bonds. The van der Waals surface area contributed by atoms with Crippen LogP contribution >= 0.6 is 11.3 Å². The highest BCUT2D eigenvalue weighted by molar-refractivity contribution is 7.09. The van der Waals surface area contributed by atoms with E-state index in [1.807, 2.05) is 44.4 Å². The minimum atomic E-state index is -0.259. The van der Waals surface area contributed by atoms with E-state index in [0.717, 1.165) is 27.5 Å². The first-order valence-corrected chi connectivity index (χ1v) is 7.82. The van der Waals surface area contributed by atoms with E-state index >= 15 is 0 Å². The standard InChI is InChI=1S/C17H16N2O2S/c1-10-4-5-13(11(2)8-10)19-17(20)16-7-6-15(21-16)14-9-22-12(3)18-14/h4-9H,1-3H3,(H,19,20). The second-order valence-corrected chi connectivity index (χ2v) is 6.25. The fourth-order valence-electron chi connectivity index (χ4n) is 2.21. The molecule has 3 aromatic rings. The highest BCUT2D eigenvalue weighted by Crippen LogP contribution is 2.24. The van der Waals surface area contributed by atoms with Crippen LogP contribution in [-0.4, -0.2) is 10.9 Å². The van der Waals surface area contributed by atoms with Gasteiger partial charge in [-0.25, -0.2) is 4.98 Å². The Kier molecular flexibility index (Phi) is 3.81. The molecule has 2 aromatic heterocycles. The minimum absolute atomic E-state index is 0.259. The second-order valence-electron chi connectivity index (χ2n) is 5.19. The van der Waals surface area contributed by atoms with Gasteiger partial charge >= 0.3 is 0 Å². The lowest BCUT2D eigenvalue weighted by atomic mass is 10.1. The van der Waals surface area contributed by atoms with E-state index in [4.69, 9.17) is 4.42 Å². The molecule has 2 heterocycles. The molecule has 0 saturated heterocycles. The Morgan fingerprint density at radius 1 is 1.18 bits per heavy atom. The van der Waals surface area contributed by atoms with Gasteiger partial charge in [-0.2, -0.15) is 0 Å². The lowest BCUT2D eigenvalue weighted by molar-refractivity contribution is 0.0997. The third kappa shape index (κ3) is 2.94. The number of nitrogens with one attached hydrogen (secondary N) is 1. The fraction of sp³-hybridized carbons (Fsp3) is 0.176. The molecule has 0 aliphatic rings. The second kappa shape index (κ2) is 5.77. The summed E-state index contributed by atoms with van der Waals surface area (Å²) in [7, 11) is 0. The Bertz CT molecular complexity index is 833. The third-order valence-electron chi connectivity index (χ3n) is 3.33. The normalized spacial score (nSPS) is 10.7. The summed E-state index contributed by atoms with van der Waals surface area (Å²) in [5.74, 6) is 0.626. The Balaban J connectivity index is 1.79. The summed E-state index contributed by atoms with van der Waals surface area (Å²) in [6.45, 7) is 5.92. The number of carbonyl (C=O) groups is 1. The maximum atomic E-state index is 12.3. The van der Waals surface area contributed by atoms with Crippen molar-refractivity contribution >= 4 is 22.9 Å². The molecule has 0 atom stereocenters. The zero-order chi connectivity index (χ0) is 15.7. The maximum absolute atomic E-state index is 12.3. The van der Waals surface area contributed by atoms with E-state index in [1.165, 1.54) is 0 Å². The summed E-state index contributed by atoms with van der Waals surface area (Å²) >= 11 is 1.55. The van der Waals surface area contributed by atoms with Gasteiger partial charge in [0.25, 0.3) is 5.91 Å². The van der Waals surface area contributed by atoms with Gasteiger partial charge in [-0.3, -0.25) is 4.79 Å². The van der Waals surface area contributed by atoms with Gasteiger partial charge in [0.1, 0.15) is 5.69 Å².